The lowest BCUT2D eigenvalue weighted by atomic mass is 9.99. The van der Waals surface area contributed by atoms with Gasteiger partial charge in [-0.05, 0) is 36.8 Å². The zero-order valence-corrected chi connectivity index (χ0v) is 17.4. The van der Waals surface area contributed by atoms with Gasteiger partial charge in [0.05, 0.1) is 32.2 Å². The van der Waals surface area contributed by atoms with Gasteiger partial charge in [-0.15, -0.1) is 0 Å². The normalized spacial score (nSPS) is 14.6. The van der Waals surface area contributed by atoms with Crippen LogP contribution in [-0.2, 0) is 4.74 Å². The summed E-state index contributed by atoms with van der Waals surface area (Å²) in [5, 5.41) is 18.1. The first kappa shape index (κ1) is 20.3. The maximum absolute atomic E-state index is 10.9. The van der Waals surface area contributed by atoms with Gasteiger partial charge in [0.1, 0.15) is 23.9 Å². The highest BCUT2D eigenvalue weighted by Crippen LogP contribution is 2.40. The Morgan fingerprint density at radius 2 is 1.87 bits per heavy atom. The number of aromatic amines is 1. The van der Waals surface area contributed by atoms with Crippen LogP contribution in [0, 0.1) is 6.92 Å². The van der Waals surface area contributed by atoms with Crippen molar-refractivity contribution >= 4 is 0 Å². The molecule has 1 saturated heterocycles. The zero-order chi connectivity index (χ0) is 20.9. The fourth-order valence-electron chi connectivity index (χ4n) is 3.63. The summed E-state index contributed by atoms with van der Waals surface area (Å²) in [5.41, 5.74) is 4.07. The molecule has 2 aromatic carbocycles. The SMILES string of the molecule is COc1ccc(-c2cn[nH]c2-c2ccc(OCCN3CCOCC3)c(C)c2O)cc1. The monoisotopic (exact) mass is 409 g/mol. The van der Waals surface area contributed by atoms with Crippen molar-refractivity contribution in [2.75, 3.05) is 46.6 Å². The minimum absolute atomic E-state index is 0.192. The Labute approximate surface area is 176 Å². The molecule has 7 nitrogen and oxygen atoms in total. The van der Waals surface area contributed by atoms with Gasteiger partial charge in [-0.1, -0.05) is 12.1 Å². The number of morpholine rings is 1. The van der Waals surface area contributed by atoms with Gasteiger partial charge in [0.25, 0.3) is 0 Å². The lowest BCUT2D eigenvalue weighted by Crippen LogP contribution is -2.38. The predicted molar refractivity (Wildman–Crippen MR) is 115 cm³/mol. The maximum Gasteiger partial charge on any atom is 0.131 e. The molecule has 2 N–H and O–H groups in total. The summed E-state index contributed by atoms with van der Waals surface area (Å²) in [4.78, 5) is 2.32. The molecule has 1 fully saturated rings. The van der Waals surface area contributed by atoms with Gasteiger partial charge in [0.2, 0.25) is 0 Å². The van der Waals surface area contributed by atoms with E-state index in [1.54, 1.807) is 13.3 Å². The van der Waals surface area contributed by atoms with E-state index in [-0.39, 0.29) is 5.75 Å². The molecule has 1 aliphatic heterocycles. The van der Waals surface area contributed by atoms with Crippen LogP contribution in [0.4, 0.5) is 0 Å². The third-order valence-electron chi connectivity index (χ3n) is 5.46. The molecule has 0 unspecified atom stereocenters. The van der Waals surface area contributed by atoms with E-state index >= 15 is 0 Å². The Morgan fingerprint density at radius 3 is 2.60 bits per heavy atom. The summed E-state index contributed by atoms with van der Waals surface area (Å²) in [6.45, 7) is 6.69. The minimum Gasteiger partial charge on any atom is -0.507 e. The van der Waals surface area contributed by atoms with Crippen molar-refractivity contribution in [1.82, 2.24) is 15.1 Å². The molecule has 0 bridgehead atoms. The number of benzene rings is 2. The first-order chi connectivity index (χ1) is 14.7. The molecule has 0 atom stereocenters. The molecule has 0 aliphatic carbocycles. The highest BCUT2D eigenvalue weighted by atomic mass is 16.5. The molecular weight excluding hydrogens is 382 g/mol. The molecule has 2 heterocycles. The number of hydrogen-bond acceptors (Lipinski definition) is 6. The molecule has 1 aromatic heterocycles. The van der Waals surface area contributed by atoms with Crippen LogP contribution in [0.15, 0.2) is 42.6 Å². The second-order valence-corrected chi connectivity index (χ2v) is 7.27. The topological polar surface area (TPSA) is 79.8 Å². The molecule has 0 spiro atoms. The first-order valence-electron chi connectivity index (χ1n) is 10.1. The van der Waals surface area contributed by atoms with Gasteiger partial charge in [-0.2, -0.15) is 5.10 Å². The number of rotatable bonds is 7. The fourth-order valence-corrected chi connectivity index (χ4v) is 3.63. The summed E-state index contributed by atoms with van der Waals surface area (Å²) >= 11 is 0. The second-order valence-electron chi connectivity index (χ2n) is 7.27. The van der Waals surface area contributed by atoms with Crippen molar-refractivity contribution in [1.29, 1.82) is 0 Å². The van der Waals surface area contributed by atoms with Crippen LogP contribution in [0.1, 0.15) is 5.56 Å². The van der Waals surface area contributed by atoms with Gasteiger partial charge in [-0.25, -0.2) is 0 Å². The van der Waals surface area contributed by atoms with Crippen LogP contribution in [0.2, 0.25) is 0 Å². The van der Waals surface area contributed by atoms with Crippen molar-refractivity contribution in [3.05, 3.63) is 48.2 Å². The third kappa shape index (κ3) is 4.27. The first-order valence-corrected chi connectivity index (χ1v) is 10.1. The van der Waals surface area contributed by atoms with E-state index < -0.39 is 0 Å². The van der Waals surface area contributed by atoms with E-state index in [1.165, 1.54) is 0 Å². The molecule has 3 aromatic rings. The Kier molecular flexibility index (Phi) is 6.21. The number of phenolic OH excluding ortho intramolecular Hbond substituents is 1. The van der Waals surface area contributed by atoms with Crippen LogP contribution in [-0.4, -0.2) is 66.8 Å². The molecular formula is C23H27N3O4. The van der Waals surface area contributed by atoms with Crippen LogP contribution in [0.25, 0.3) is 22.4 Å². The smallest absolute Gasteiger partial charge is 0.131 e. The molecule has 30 heavy (non-hydrogen) atoms. The van der Waals surface area contributed by atoms with E-state index in [4.69, 9.17) is 14.2 Å². The average molecular weight is 409 g/mol. The molecule has 0 saturated carbocycles. The van der Waals surface area contributed by atoms with Crippen molar-refractivity contribution in [3.63, 3.8) is 0 Å². The Balaban J connectivity index is 1.51. The highest BCUT2D eigenvalue weighted by Gasteiger charge is 2.17. The van der Waals surface area contributed by atoms with Crippen molar-refractivity contribution < 1.29 is 19.3 Å². The Bertz CT molecular complexity index is 979. The van der Waals surface area contributed by atoms with Crippen LogP contribution < -0.4 is 9.47 Å². The van der Waals surface area contributed by atoms with Gasteiger partial charge in [0.15, 0.2) is 0 Å². The molecule has 0 radical (unpaired) electrons. The van der Waals surface area contributed by atoms with E-state index in [1.807, 2.05) is 43.3 Å². The molecule has 1 aliphatic rings. The number of ether oxygens (including phenoxy) is 3. The number of H-pyrrole nitrogens is 1. The molecule has 158 valence electrons. The maximum atomic E-state index is 10.9. The number of aromatic hydroxyl groups is 1. The molecule has 7 heteroatoms. The van der Waals surface area contributed by atoms with E-state index in [9.17, 15) is 5.11 Å². The van der Waals surface area contributed by atoms with Gasteiger partial charge in [0, 0.05) is 36.3 Å². The summed E-state index contributed by atoms with van der Waals surface area (Å²) in [7, 11) is 1.64. The number of phenols is 1. The standard InChI is InChI=1S/C23H27N3O4/c1-16-21(30-14-11-26-9-12-29-13-10-26)8-7-19(23(16)27)22-20(15-24-25-22)17-3-5-18(28-2)6-4-17/h3-8,15,27H,9-14H2,1-2H3,(H,24,25). The molecule has 0 amide bonds. The number of aromatic nitrogens is 2. The van der Waals surface area contributed by atoms with Crippen LogP contribution >= 0.6 is 0 Å². The minimum atomic E-state index is 0.192. The van der Waals surface area contributed by atoms with Gasteiger partial charge in [-0.3, -0.25) is 10.00 Å². The van der Waals surface area contributed by atoms with Crippen molar-refractivity contribution in [2.24, 2.45) is 0 Å². The highest BCUT2D eigenvalue weighted by molar-refractivity contribution is 5.84. The fraction of sp³-hybridized carbons (Fsp3) is 0.348. The summed E-state index contributed by atoms with van der Waals surface area (Å²) < 4.78 is 16.6. The Hall–Kier alpha value is -3.03. The van der Waals surface area contributed by atoms with E-state index in [0.29, 0.717) is 23.5 Å². The predicted octanol–water partition coefficient (Wildman–Crippen LogP) is 3.48. The average Bonchev–Trinajstić information content (AvgIpc) is 3.27. The van der Waals surface area contributed by atoms with E-state index in [2.05, 4.69) is 15.1 Å². The van der Waals surface area contributed by atoms with Gasteiger partial charge < -0.3 is 19.3 Å². The number of hydrogen-bond donors (Lipinski definition) is 2. The zero-order valence-electron chi connectivity index (χ0n) is 17.4. The summed E-state index contributed by atoms with van der Waals surface area (Å²) in [5.74, 6) is 1.67. The van der Waals surface area contributed by atoms with Crippen LogP contribution in [0.3, 0.4) is 0 Å². The summed E-state index contributed by atoms with van der Waals surface area (Å²) in [6, 6.07) is 11.5. The molecule has 4 rings (SSSR count). The largest absolute Gasteiger partial charge is 0.507 e. The van der Waals surface area contributed by atoms with Gasteiger partial charge >= 0.3 is 0 Å². The lowest BCUT2D eigenvalue weighted by Gasteiger charge is -2.26. The second kappa shape index (κ2) is 9.19. The third-order valence-corrected chi connectivity index (χ3v) is 5.46. The number of nitrogens with zero attached hydrogens (tertiary/aromatic N) is 2. The summed E-state index contributed by atoms with van der Waals surface area (Å²) in [6.07, 6.45) is 1.76. The number of nitrogens with one attached hydrogen (secondary N) is 1. The van der Waals surface area contributed by atoms with Crippen molar-refractivity contribution in [3.8, 4) is 39.6 Å². The van der Waals surface area contributed by atoms with E-state index in [0.717, 1.165) is 55.4 Å². The van der Waals surface area contributed by atoms with Crippen molar-refractivity contribution in [2.45, 2.75) is 6.92 Å². The quantitative estimate of drug-likeness (QED) is 0.622. The Morgan fingerprint density at radius 1 is 1.10 bits per heavy atom. The van der Waals surface area contributed by atoms with Crippen LogP contribution in [0.5, 0.6) is 17.2 Å². The lowest BCUT2D eigenvalue weighted by molar-refractivity contribution is 0.0322. The number of methoxy groups -OCH3 is 1.